The van der Waals surface area contributed by atoms with E-state index in [0.29, 0.717) is 12.2 Å². The van der Waals surface area contributed by atoms with Gasteiger partial charge in [0, 0.05) is 13.6 Å². The normalized spacial score (nSPS) is 11.8. The predicted octanol–water partition coefficient (Wildman–Crippen LogP) is 2.24. The van der Waals surface area contributed by atoms with Gasteiger partial charge in [-0.05, 0) is 19.4 Å². The van der Waals surface area contributed by atoms with Crippen LogP contribution in [0, 0.1) is 6.92 Å². The van der Waals surface area contributed by atoms with Crippen LogP contribution in [0.15, 0.2) is 30.3 Å². The van der Waals surface area contributed by atoms with Gasteiger partial charge in [0.05, 0.1) is 5.69 Å². The summed E-state index contributed by atoms with van der Waals surface area (Å²) in [4.78, 5) is 24.2. The number of benzene rings is 1. The molecule has 122 valence electrons. The minimum absolute atomic E-state index is 0.178. The van der Waals surface area contributed by atoms with Crippen LogP contribution in [0.4, 0.5) is 0 Å². The first-order chi connectivity index (χ1) is 10.9. The molecule has 1 unspecified atom stereocenters. The van der Waals surface area contributed by atoms with Crippen LogP contribution in [0.25, 0.3) is 0 Å². The first-order valence-electron chi connectivity index (χ1n) is 7.12. The van der Waals surface area contributed by atoms with Gasteiger partial charge in [-0.2, -0.15) is 5.10 Å². The molecule has 1 atom stereocenters. The summed E-state index contributed by atoms with van der Waals surface area (Å²) in [6.07, 6.45) is -0.929. The summed E-state index contributed by atoms with van der Waals surface area (Å²) in [6, 6.07) is 9.47. The average molecular weight is 336 g/mol. The average Bonchev–Trinajstić information content (AvgIpc) is 2.78. The predicted molar refractivity (Wildman–Crippen MR) is 86.1 cm³/mol. The largest absolute Gasteiger partial charge is 0.449 e. The van der Waals surface area contributed by atoms with E-state index in [1.165, 1.54) is 11.6 Å². The monoisotopic (exact) mass is 335 g/mol. The van der Waals surface area contributed by atoms with Gasteiger partial charge in [-0.15, -0.1) is 0 Å². The number of carbonyl (C=O) groups is 2. The van der Waals surface area contributed by atoms with Crippen LogP contribution in [-0.4, -0.2) is 27.8 Å². The molecule has 0 saturated carbocycles. The summed E-state index contributed by atoms with van der Waals surface area (Å²) in [5, 5.41) is 6.95. The zero-order chi connectivity index (χ0) is 17.0. The summed E-state index contributed by atoms with van der Waals surface area (Å²) < 4.78 is 6.56. The Hall–Kier alpha value is -2.34. The van der Waals surface area contributed by atoms with Crippen molar-refractivity contribution in [3.05, 3.63) is 52.3 Å². The summed E-state index contributed by atoms with van der Waals surface area (Å²) in [6.45, 7) is 3.54. The van der Waals surface area contributed by atoms with Crippen LogP contribution in [0.3, 0.4) is 0 Å². The van der Waals surface area contributed by atoms with Gasteiger partial charge in [-0.1, -0.05) is 41.9 Å². The number of hydrogen-bond acceptors (Lipinski definition) is 4. The third kappa shape index (κ3) is 4.10. The van der Waals surface area contributed by atoms with Gasteiger partial charge in [0.15, 0.2) is 6.10 Å². The van der Waals surface area contributed by atoms with Gasteiger partial charge in [-0.25, -0.2) is 4.79 Å². The van der Waals surface area contributed by atoms with Crippen molar-refractivity contribution < 1.29 is 14.3 Å². The third-order valence-corrected chi connectivity index (χ3v) is 3.75. The van der Waals surface area contributed by atoms with Crippen molar-refractivity contribution in [1.82, 2.24) is 15.1 Å². The number of halogens is 1. The standard InChI is InChI=1S/C16H18ClN3O3/c1-10-13(14(17)20(3)19-10)16(22)23-11(2)15(21)18-9-12-7-5-4-6-8-12/h4-8,11H,9H2,1-3H3,(H,18,21). The van der Waals surface area contributed by atoms with Gasteiger partial charge >= 0.3 is 5.97 Å². The van der Waals surface area contributed by atoms with E-state index in [1.54, 1.807) is 14.0 Å². The molecule has 1 aromatic heterocycles. The van der Waals surface area contributed by atoms with Crippen LogP contribution in [0.2, 0.25) is 5.15 Å². The number of esters is 1. The minimum atomic E-state index is -0.929. The summed E-state index contributed by atoms with van der Waals surface area (Å²) >= 11 is 6.01. The smallest absolute Gasteiger partial charge is 0.343 e. The Bertz CT molecular complexity index is 713. The molecule has 1 amide bonds. The molecule has 0 spiro atoms. The number of nitrogens with zero attached hydrogens (tertiary/aromatic N) is 2. The SMILES string of the molecule is Cc1nn(C)c(Cl)c1C(=O)OC(C)C(=O)NCc1ccccc1. The van der Waals surface area contributed by atoms with E-state index < -0.39 is 12.1 Å². The maximum atomic E-state index is 12.1. The molecule has 0 aliphatic heterocycles. The van der Waals surface area contributed by atoms with Gasteiger partial charge in [0.1, 0.15) is 10.7 Å². The first-order valence-corrected chi connectivity index (χ1v) is 7.49. The Morgan fingerprint density at radius 3 is 2.57 bits per heavy atom. The first kappa shape index (κ1) is 17.0. The van der Waals surface area contributed by atoms with Crippen LogP contribution in [0.5, 0.6) is 0 Å². The van der Waals surface area contributed by atoms with E-state index in [1.807, 2.05) is 30.3 Å². The zero-order valence-corrected chi connectivity index (χ0v) is 13.9. The Kier molecular flexibility index (Phi) is 5.39. The molecule has 1 aromatic carbocycles. The number of aromatic nitrogens is 2. The van der Waals surface area contributed by atoms with Crippen LogP contribution in [0.1, 0.15) is 28.5 Å². The number of amides is 1. The fourth-order valence-corrected chi connectivity index (χ4v) is 2.32. The second-order valence-corrected chi connectivity index (χ2v) is 5.48. The molecule has 2 aromatic rings. The lowest BCUT2D eigenvalue weighted by Gasteiger charge is -2.13. The fourth-order valence-electron chi connectivity index (χ4n) is 2.06. The molecule has 0 saturated heterocycles. The van der Waals surface area contributed by atoms with E-state index in [4.69, 9.17) is 16.3 Å². The van der Waals surface area contributed by atoms with Crippen LogP contribution < -0.4 is 5.32 Å². The Balaban J connectivity index is 1.94. The molecule has 6 nitrogen and oxygen atoms in total. The van der Waals surface area contributed by atoms with E-state index in [9.17, 15) is 9.59 Å². The highest BCUT2D eigenvalue weighted by Gasteiger charge is 2.24. The lowest BCUT2D eigenvalue weighted by atomic mass is 10.2. The number of carbonyl (C=O) groups excluding carboxylic acids is 2. The lowest BCUT2D eigenvalue weighted by molar-refractivity contribution is -0.129. The second-order valence-electron chi connectivity index (χ2n) is 5.13. The van der Waals surface area contributed by atoms with Crippen LogP contribution >= 0.6 is 11.6 Å². The van der Waals surface area contributed by atoms with E-state index in [2.05, 4.69) is 10.4 Å². The van der Waals surface area contributed by atoms with Crippen molar-refractivity contribution in [3.63, 3.8) is 0 Å². The molecule has 23 heavy (non-hydrogen) atoms. The van der Waals surface area contributed by atoms with E-state index >= 15 is 0 Å². The van der Waals surface area contributed by atoms with Gasteiger partial charge in [0.25, 0.3) is 5.91 Å². The van der Waals surface area contributed by atoms with Crippen molar-refractivity contribution in [2.24, 2.45) is 7.05 Å². The number of aryl methyl sites for hydroxylation is 2. The molecule has 2 rings (SSSR count). The fraction of sp³-hybridized carbons (Fsp3) is 0.312. The highest BCUT2D eigenvalue weighted by Crippen LogP contribution is 2.20. The molecule has 1 N–H and O–H groups in total. The Morgan fingerprint density at radius 1 is 1.35 bits per heavy atom. The molecular formula is C16H18ClN3O3. The van der Waals surface area contributed by atoms with Crippen molar-refractivity contribution in [3.8, 4) is 0 Å². The maximum absolute atomic E-state index is 12.1. The van der Waals surface area contributed by atoms with Gasteiger partial charge < -0.3 is 10.1 Å². The quantitative estimate of drug-likeness (QED) is 0.850. The maximum Gasteiger partial charge on any atom is 0.343 e. The number of nitrogens with one attached hydrogen (secondary N) is 1. The molecule has 0 fully saturated rings. The van der Waals surface area contributed by atoms with Crippen molar-refractivity contribution in [1.29, 1.82) is 0 Å². The Morgan fingerprint density at radius 2 is 2.00 bits per heavy atom. The third-order valence-electron chi connectivity index (χ3n) is 3.32. The second kappa shape index (κ2) is 7.28. The lowest BCUT2D eigenvalue weighted by Crippen LogP contribution is -2.35. The Labute approximate surface area is 139 Å². The van der Waals surface area contributed by atoms with E-state index in [0.717, 1.165) is 5.56 Å². The summed E-state index contributed by atoms with van der Waals surface area (Å²) in [7, 11) is 1.63. The highest BCUT2D eigenvalue weighted by molar-refractivity contribution is 6.32. The van der Waals surface area contributed by atoms with Gasteiger partial charge in [0.2, 0.25) is 0 Å². The molecule has 1 heterocycles. The van der Waals surface area contributed by atoms with Crippen LogP contribution in [-0.2, 0) is 23.1 Å². The van der Waals surface area contributed by atoms with Crippen molar-refractivity contribution >= 4 is 23.5 Å². The molecule has 0 bridgehead atoms. The molecular weight excluding hydrogens is 318 g/mol. The van der Waals surface area contributed by atoms with Crippen molar-refractivity contribution in [2.75, 3.05) is 0 Å². The van der Waals surface area contributed by atoms with Gasteiger partial charge in [-0.3, -0.25) is 9.48 Å². The summed E-state index contributed by atoms with van der Waals surface area (Å²) in [5.74, 6) is -1.04. The van der Waals surface area contributed by atoms with E-state index in [-0.39, 0.29) is 16.6 Å². The molecule has 0 aliphatic carbocycles. The molecule has 0 radical (unpaired) electrons. The number of rotatable bonds is 5. The number of ether oxygens (including phenoxy) is 1. The van der Waals surface area contributed by atoms with Crippen molar-refractivity contribution in [2.45, 2.75) is 26.5 Å². The summed E-state index contributed by atoms with van der Waals surface area (Å²) in [5.41, 5.74) is 1.60. The number of hydrogen-bond donors (Lipinski definition) is 1. The minimum Gasteiger partial charge on any atom is -0.449 e. The molecule has 0 aliphatic rings. The zero-order valence-electron chi connectivity index (χ0n) is 13.2. The highest BCUT2D eigenvalue weighted by atomic mass is 35.5. The topological polar surface area (TPSA) is 73.2 Å². The molecule has 7 heteroatoms.